The van der Waals surface area contributed by atoms with Gasteiger partial charge in [-0.1, -0.05) is 0 Å². The first kappa shape index (κ1) is 15.3. The number of anilines is 1. The summed E-state index contributed by atoms with van der Waals surface area (Å²) >= 11 is 0. The molecule has 21 heavy (non-hydrogen) atoms. The number of hydrogen-bond donors (Lipinski definition) is 2. The fourth-order valence-electron chi connectivity index (χ4n) is 1.62. The minimum absolute atomic E-state index is 0.00708. The average molecular weight is 310 g/mol. The third-order valence-corrected chi connectivity index (χ3v) is 4.01. The molecule has 0 aliphatic carbocycles. The molecule has 112 valence electrons. The van der Waals surface area contributed by atoms with Crippen molar-refractivity contribution in [1.82, 2.24) is 0 Å². The van der Waals surface area contributed by atoms with E-state index in [1.165, 1.54) is 12.1 Å². The highest BCUT2D eigenvalue weighted by Gasteiger charge is 2.14. The molecule has 0 spiro atoms. The lowest BCUT2D eigenvalue weighted by Crippen LogP contribution is -2.13. The zero-order valence-electron chi connectivity index (χ0n) is 11.1. The minimum Gasteiger partial charge on any atom is -0.492 e. The Morgan fingerprint density at radius 2 is 1.67 bits per heavy atom. The summed E-state index contributed by atoms with van der Waals surface area (Å²) in [7, 11) is -3.74. The molecule has 0 saturated carbocycles. The quantitative estimate of drug-likeness (QED) is 0.854. The van der Waals surface area contributed by atoms with E-state index in [9.17, 15) is 12.8 Å². The zero-order valence-corrected chi connectivity index (χ0v) is 11.9. The van der Waals surface area contributed by atoms with E-state index in [0.717, 1.165) is 12.1 Å². The number of nitrogens with two attached hydrogens (primary N) is 1. The Morgan fingerprint density at radius 1 is 1.05 bits per heavy atom. The van der Waals surface area contributed by atoms with Crippen LogP contribution in [-0.4, -0.2) is 21.6 Å². The average Bonchev–Trinajstić information content (AvgIpc) is 2.47. The number of hydrogen-bond acceptors (Lipinski definition) is 4. The van der Waals surface area contributed by atoms with E-state index in [1.807, 2.05) is 0 Å². The largest absolute Gasteiger partial charge is 0.492 e. The second kappa shape index (κ2) is 6.55. The molecular formula is C14H15FN2O3S. The molecule has 0 heterocycles. The van der Waals surface area contributed by atoms with Gasteiger partial charge in [0, 0.05) is 12.2 Å². The molecule has 0 aliphatic heterocycles. The number of nitrogens with one attached hydrogen (secondary N) is 1. The fraction of sp³-hybridized carbons (Fsp3) is 0.143. The van der Waals surface area contributed by atoms with Crippen LogP contribution in [0.25, 0.3) is 0 Å². The molecule has 0 aromatic heterocycles. The van der Waals surface area contributed by atoms with E-state index in [0.29, 0.717) is 24.6 Å². The molecule has 0 atom stereocenters. The first-order valence-electron chi connectivity index (χ1n) is 6.22. The topological polar surface area (TPSA) is 81.4 Å². The first-order chi connectivity index (χ1) is 10.0. The Balaban J connectivity index is 2.11. The van der Waals surface area contributed by atoms with Crippen molar-refractivity contribution in [3.05, 3.63) is 54.3 Å². The highest BCUT2D eigenvalue weighted by Crippen LogP contribution is 2.19. The summed E-state index contributed by atoms with van der Waals surface area (Å²) in [5.41, 5.74) is 5.71. The van der Waals surface area contributed by atoms with Crippen molar-refractivity contribution in [2.45, 2.75) is 4.90 Å². The summed E-state index contributed by atoms with van der Waals surface area (Å²) in [6, 6.07) is 11.0. The number of halogens is 1. The zero-order chi connectivity index (χ0) is 15.3. The van der Waals surface area contributed by atoms with Gasteiger partial charge in [-0.2, -0.15) is 0 Å². The van der Waals surface area contributed by atoms with Crippen LogP contribution in [0.4, 0.5) is 10.1 Å². The maximum atomic E-state index is 12.8. The smallest absolute Gasteiger partial charge is 0.261 e. The Hall–Kier alpha value is -2.12. The molecular weight excluding hydrogens is 295 g/mol. The normalized spacial score (nSPS) is 11.1. The Kier molecular flexibility index (Phi) is 4.77. The van der Waals surface area contributed by atoms with Crippen LogP contribution in [0.3, 0.4) is 0 Å². The maximum absolute atomic E-state index is 12.8. The molecule has 0 saturated heterocycles. The molecule has 0 bridgehead atoms. The number of benzene rings is 2. The van der Waals surface area contributed by atoms with Gasteiger partial charge in [-0.3, -0.25) is 4.72 Å². The van der Waals surface area contributed by atoms with E-state index in [4.69, 9.17) is 10.5 Å². The van der Waals surface area contributed by atoms with Crippen molar-refractivity contribution in [2.75, 3.05) is 17.9 Å². The van der Waals surface area contributed by atoms with Crippen molar-refractivity contribution in [3.8, 4) is 5.75 Å². The fourth-order valence-corrected chi connectivity index (χ4v) is 2.68. The van der Waals surface area contributed by atoms with Gasteiger partial charge in [0.15, 0.2) is 0 Å². The Morgan fingerprint density at radius 3 is 2.24 bits per heavy atom. The molecule has 0 fully saturated rings. The minimum atomic E-state index is -3.74. The predicted molar refractivity (Wildman–Crippen MR) is 78.2 cm³/mol. The van der Waals surface area contributed by atoms with Crippen molar-refractivity contribution < 1.29 is 17.5 Å². The summed E-state index contributed by atoms with van der Waals surface area (Å²) < 4.78 is 44.7. The third-order valence-electron chi connectivity index (χ3n) is 2.62. The van der Waals surface area contributed by atoms with Crippen LogP contribution >= 0.6 is 0 Å². The van der Waals surface area contributed by atoms with Gasteiger partial charge in [-0.15, -0.1) is 0 Å². The SMILES string of the molecule is NCCOc1ccc(NS(=O)(=O)c2ccc(F)cc2)cc1. The van der Waals surface area contributed by atoms with E-state index in [-0.39, 0.29) is 4.90 Å². The van der Waals surface area contributed by atoms with Gasteiger partial charge in [0.1, 0.15) is 18.2 Å². The maximum Gasteiger partial charge on any atom is 0.261 e. The second-order valence-electron chi connectivity index (χ2n) is 4.22. The summed E-state index contributed by atoms with van der Waals surface area (Å²) in [6.07, 6.45) is 0. The van der Waals surface area contributed by atoms with Gasteiger partial charge < -0.3 is 10.5 Å². The van der Waals surface area contributed by atoms with Crippen LogP contribution in [0.5, 0.6) is 5.75 Å². The standard InChI is InChI=1S/C14H15FN2O3S/c15-11-1-7-14(8-2-11)21(18,19)17-12-3-5-13(6-4-12)20-10-9-16/h1-8,17H,9-10,16H2. The molecule has 2 aromatic carbocycles. The second-order valence-corrected chi connectivity index (χ2v) is 5.90. The van der Waals surface area contributed by atoms with E-state index < -0.39 is 15.8 Å². The molecule has 0 amide bonds. The highest BCUT2D eigenvalue weighted by molar-refractivity contribution is 7.92. The van der Waals surface area contributed by atoms with Crippen molar-refractivity contribution in [3.63, 3.8) is 0 Å². The summed E-state index contributed by atoms with van der Waals surface area (Å²) in [4.78, 5) is -0.00708. The Labute approximate surface area is 122 Å². The lowest BCUT2D eigenvalue weighted by Gasteiger charge is -2.09. The number of rotatable bonds is 6. The molecule has 7 heteroatoms. The number of ether oxygens (including phenoxy) is 1. The van der Waals surface area contributed by atoms with Crippen molar-refractivity contribution in [2.24, 2.45) is 5.73 Å². The van der Waals surface area contributed by atoms with Gasteiger partial charge in [0.2, 0.25) is 0 Å². The number of sulfonamides is 1. The molecule has 0 aliphatic rings. The summed E-state index contributed by atoms with van der Waals surface area (Å²) in [5, 5.41) is 0. The molecule has 0 unspecified atom stereocenters. The van der Waals surface area contributed by atoms with E-state index >= 15 is 0 Å². The van der Waals surface area contributed by atoms with Crippen molar-refractivity contribution in [1.29, 1.82) is 0 Å². The first-order valence-corrected chi connectivity index (χ1v) is 7.71. The van der Waals surface area contributed by atoms with Crippen LogP contribution in [0, 0.1) is 5.82 Å². The van der Waals surface area contributed by atoms with Gasteiger partial charge in [-0.25, -0.2) is 12.8 Å². The van der Waals surface area contributed by atoms with Crippen LogP contribution in [0.1, 0.15) is 0 Å². The van der Waals surface area contributed by atoms with Gasteiger partial charge in [-0.05, 0) is 48.5 Å². The molecule has 0 radical (unpaired) electrons. The third kappa shape index (κ3) is 4.17. The Bertz CT molecular complexity index is 685. The summed E-state index contributed by atoms with van der Waals surface area (Å²) in [5.74, 6) is 0.112. The van der Waals surface area contributed by atoms with Crippen LogP contribution in [-0.2, 0) is 10.0 Å². The van der Waals surface area contributed by atoms with Gasteiger partial charge >= 0.3 is 0 Å². The van der Waals surface area contributed by atoms with Crippen LogP contribution in [0.2, 0.25) is 0 Å². The highest BCUT2D eigenvalue weighted by atomic mass is 32.2. The van der Waals surface area contributed by atoms with Gasteiger partial charge in [0.05, 0.1) is 4.90 Å². The summed E-state index contributed by atoms with van der Waals surface area (Å²) in [6.45, 7) is 0.791. The lowest BCUT2D eigenvalue weighted by atomic mass is 10.3. The van der Waals surface area contributed by atoms with Gasteiger partial charge in [0.25, 0.3) is 10.0 Å². The molecule has 2 aromatic rings. The van der Waals surface area contributed by atoms with Crippen molar-refractivity contribution >= 4 is 15.7 Å². The predicted octanol–water partition coefficient (Wildman–Crippen LogP) is 1.96. The molecule has 3 N–H and O–H groups in total. The molecule has 5 nitrogen and oxygen atoms in total. The van der Waals surface area contributed by atoms with E-state index in [1.54, 1.807) is 24.3 Å². The van der Waals surface area contributed by atoms with Crippen LogP contribution < -0.4 is 15.2 Å². The molecule has 2 rings (SSSR count). The van der Waals surface area contributed by atoms with Crippen LogP contribution in [0.15, 0.2) is 53.4 Å². The lowest BCUT2D eigenvalue weighted by molar-refractivity contribution is 0.328. The van der Waals surface area contributed by atoms with E-state index in [2.05, 4.69) is 4.72 Å². The monoisotopic (exact) mass is 310 g/mol.